The normalized spacial score (nSPS) is 12.1. The van der Waals surface area contributed by atoms with Crippen molar-refractivity contribution in [2.75, 3.05) is 5.32 Å². The minimum absolute atomic E-state index is 0.167. The van der Waals surface area contributed by atoms with Crippen molar-refractivity contribution >= 4 is 11.7 Å². The van der Waals surface area contributed by atoms with Crippen molar-refractivity contribution in [1.29, 1.82) is 0 Å². The van der Waals surface area contributed by atoms with E-state index in [0.717, 1.165) is 17.0 Å². The molecule has 0 saturated carbocycles. The van der Waals surface area contributed by atoms with Crippen molar-refractivity contribution < 1.29 is 4.79 Å². The minimum atomic E-state index is -0.406. The molecule has 3 rings (SSSR count). The lowest BCUT2D eigenvalue weighted by atomic mass is 10.2. The summed E-state index contributed by atoms with van der Waals surface area (Å²) in [5.41, 5.74) is 2.71. The molecule has 3 aromatic heterocycles. The average Bonchev–Trinajstić information content (AvgIpc) is 3.16. The molecule has 7 heteroatoms. The number of amides is 1. The predicted octanol–water partition coefficient (Wildman–Crippen LogP) is 2.18. The Balaban J connectivity index is 1.73. The summed E-state index contributed by atoms with van der Waals surface area (Å²) in [4.78, 5) is 16.2. The van der Waals surface area contributed by atoms with Crippen LogP contribution in [0.4, 0.5) is 5.82 Å². The number of carbonyl (C=O) groups excluding carboxylic acids is 1. The zero-order valence-corrected chi connectivity index (χ0v) is 12.3. The van der Waals surface area contributed by atoms with Gasteiger partial charge in [-0.25, -0.2) is 0 Å². The van der Waals surface area contributed by atoms with Crippen molar-refractivity contribution in [2.24, 2.45) is 0 Å². The van der Waals surface area contributed by atoms with Crippen LogP contribution in [0.5, 0.6) is 0 Å². The topological polar surface area (TPSA) is 88.5 Å². The van der Waals surface area contributed by atoms with E-state index < -0.39 is 6.04 Å². The Bertz CT molecular complexity index is 776. The van der Waals surface area contributed by atoms with Crippen LogP contribution in [0.1, 0.15) is 18.7 Å². The summed E-state index contributed by atoms with van der Waals surface area (Å²) in [6.07, 6.45) is 5.09. The smallest absolute Gasteiger partial charge is 0.250 e. The van der Waals surface area contributed by atoms with Crippen LogP contribution >= 0.6 is 0 Å². The van der Waals surface area contributed by atoms with Crippen LogP contribution in [0.25, 0.3) is 11.3 Å². The maximum Gasteiger partial charge on any atom is 0.250 e. The number of aromatic amines is 1. The monoisotopic (exact) mass is 296 g/mol. The first kappa shape index (κ1) is 14.0. The van der Waals surface area contributed by atoms with E-state index in [2.05, 4.69) is 25.6 Å². The SMILES string of the molecule is Cc1ccnn1[C@@H](C)C(=O)Nc1cc(-c2ccncc2)[nH]n1. The number of hydrogen-bond donors (Lipinski definition) is 2. The molecule has 3 aromatic rings. The number of hydrogen-bond acceptors (Lipinski definition) is 4. The van der Waals surface area contributed by atoms with Gasteiger partial charge in [-0.2, -0.15) is 10.2 Å². The van der Waals surface area contributed by atoms with Gasteiger partial charge in [0.05, 0.1) is 5.69 Å². The lowest BCUT2D eigenvalue weighted by molar-refractivity contribution is -0.119. The van der Waals surface area contributed by atoms with Crippen LogP contribution in [-0.2, 0) is 4.79 Å². The van der Waals surface area contributed by atoms with Crippen LogP contribution in [0.15, 0.2) is 42.9 Å². The maximum atomic E-state index is 12.3. The zero-order valence-electron chi connectivity index (χ0n) is 12.3. The fraction of sp³-hybridized carbons (Fsp3) is 0.200. The first-order valence-electron chi connectivity index (χ1n) is 6.92. The van der Waals surface area contributed by atoms with Gasteiger partial charge in [0.1, 0.15) is 6.04 Å². The fourth-order valence-electron chi connectivity index (χ4n) is 2.19. The second-order valence-corrected chi connectivity index (χ2v) is 4.99. The van der Waals surface area contributed by atoms with E-state index in [1.165, 1.54) is 0 Å². The highest BCUT2D eigenvalue weighted by Crippen LogP contribution is 2.19. The predicted molar refractivity (Wildman–Crippen MR) is 82.1 cm³/mol. The summed E-state index contributed by atoms with van der Waals surface area (Å²) < 4.78 is 1.67. The highest BCUT2D eigenvalue weighted by atomic mass is 16.2. The first-order chi connectivity index (χ1) is 10.6. The van der Waals surface area contributed by atoms with Crippen LogP contribution in [-0.4, -0.2) is 30.9 Å². The number of H-pyrrole nitrogens is 1. The van der Waals surface area contributed by atoms with Gasteiger partial charge in [0, 0.05) is 35.9 Å². The van der Waals surface area contributed by atoms with Crippen LogP contribution < -0.4 is 5.32 Å². The Morgan fingerprint density at radius 3 is 2.73 bits per heavy atom. The second kappa shape index (κ2) is 5.80. The lowest BCUT2D eigenvalue weighted by Gasteiger charge is -2.13. The minimum Gasteiger partial charge on any atom is -0.307 e. The van der Waals surface area contributed by atoms with E-state index in [9.17, 15) is 4.79 Å². The van der Waals surface area contributed by atoms with E-state index in [1.807, 2.05) is 25.1 Å². The third-order valence-electron chi connectivity index (χ3n) is 3.43. The fourth-order valence-corrected chi connectivity index (χ4v) is 2.19. The van der Waals surface area contributed by atoms with Crippen molar-refractivity contribution in [2.45, 2.75) is 19.9 Å². The van der Waals surface area contributed by atoms with E-state index in [1.54, 1.807) is 36.3 Å². The third kappa shape index (κ3) is 2.73. The molecule has 0 aromatic carbocycles. The van der Waals surface area contributed by atoms with Crippen molar-refractivity contribution in [3.05, 3.63) is 48.5 Å². The molecule has 0 radical (unpaired) electrons. The number of anilines is 1. The van der Waals surface area contributed by atoms with Gasteiger partial charge in [-0.05, 0) is 32.0 Å². The summed E-state index contributed by atoms with van der Waals surface area (Å²) in [6, 6.07) is 6.98. The van der Waals surface area contributed by atoms with Crippen molar-refractivity contribution in [1.82, 2.24) is 25.0 Å². The van der Waals surface area contributed by atoms with Crippen LogP contribution in [0.2, 0.25) is 0 Å². The lowest BCUT2D eigenvalue weighted by Crippen LogP contribution is -2.25. The molecule has 22 heavy (non-hydrogen) atoms. The summed E-state index contributed by atoms with van der Waals surface area (Å²) >= 11 is 0. The van der Waals surface area contributed by atoms with Crippen LogP contribution in [0.3, 0.4) is 0 Å². The number of rotatable bonds is 4. The molecular formula is C15H16N6O. The molecule has 0 fully saturated rings. The summed E-state index contributed by atoms with van der Waals surface area (Å²) in [5.74, 6) is 0.313. The molecule has 7 nitrogen and oxygen atoms in total. The summed E-state index contributed by atoms with van der Waals surface area (Å²) in [6.45, 7) is 3.71. The molecule has 0 aliphatic rings. The molecule has 1 atom stereocenters. The molecule has 1 amide bonds. The Hall–Kier alpha value is -2.96. The van der Waals surface area contributed by atoms with Crippen molar-refractivity contribution in [3.63, 3.8) is 0 Å². The van der Waals surface area contributed by atoms with Gasteiger partial charge >= 0.3 is 0 Å². The standard InChI is InChI=1S/C15H16N6O/c1-10-3-8-17-21(10)11(2)15(22)18-14-9-13(19-20-14)12-4-6-16-7-5-12/h3-9,11H,1-2H3,(H2,18,19,20,22)/t11-/m0/s1. The third-order valence-corrected chi connectivity index (χ3v) is 3.43. The highest BCUT2D eigenvalue weighted by Gasteiger charge is 2.18. The van der Waals surface area contributed by atoms with E-state index in [0.29, 0.717) is 5.82 Å². The zero-order chi connectivity index (χ0) is 15.5. The van der Waals surface area contributed by atoms with Gasteiger partial charge in [0.2, 0.25) is 5.91 Å². The molecule has 0 bridgehead atoms. The van der Waals surface area contributed by atoms with E-state index in [-0.39, 0.29) is 5.91 Å². The molecule has 2 N–H and O–H groups in total. The molecule has 0 unspecified atom stereocenters. The van der Waals surface area contributed by atoms with Gasteiger partial charge < -0.3 is 5.32 Å². The molecule has 0 aliphatic heterocycles. The van der Waals surface area contributed by atoms with Gasteiger partial charge in [-0.3, -0.25) is 19.6 Å². The molecular weight excluding hydrogens is 280 g/mol. The average molecular weight is 296 g/mol. The van der Waals surface area contributed by atoms with Gasteiger partial charge in [0.25, 0.3) is 0 Å². The van der Waals surface area contributed by atoms with E-state index >= 15 is 0 Å². The van der Waals surface area contributed by atoms with Crippen LogP contribution in [0, 0.1) is 6.92 Å². The Morgan fingerprint density at radius 1 is 1.27 bits per heavy atom. The number of nitrogens with zero attached hydrogens (tertiary/aromatic N) is 4. The molecule has 0 spiro atoms. The Morgan fingerprint density at radius 2 is 2.05 bits per heavy atom. The number of carbonyl (C=O) groups is 1. The molecule has 3 heterocycles. The van der Waals surface area contributed by atoms with Crippen molar-refractivity contribution in [3.8, 4) is 11.3 Å². The number of pyridine rings is 1. The number of aromatic nitrogens is 5. The highest BCUT2D eigenvalue weighted by molar-refractivity contribution is 5.93. The van der Waals surface area contributed by atoms with Gasteiger partial charge in [-0.1, -0.05) is 0 Å². The number of aryl methyl sites for hydroxylation is 1. The summed E-state index contributed by atoms with van der Waals surface area (Å²) in [7, 11) is 0. The molecule has 0 saturated heterocycles. The summed E-state index contributed by atoms with van der Waals surface area (Å²) in [5, 5.41) is 14.0. The molecule has 112 valence electrons. The van der Waals surface area contributed by atoms with Gasteiger partial charge in [0.15, 0.2) is 5.82 Å². The number of nitrogens with one attached hydrogen (secondary N) is 2. The maximum absolute atomic E-state index is 12.3. The van der Waals surface area contributed by atoms with E-state index in [4.69, 9.17) is 0 Å². The Kier molecular flexibility index (Phi) is 3.69. The largest absolute Gasteiger partial charge is 0.307 e. The van der Waals surface area contributed by atoms with Gasteiger partial charge in [-0.15, -0.1) is 0 Å². The first-order valence-corrected chi connectivity index (χ1v) is 6.92. The second-order valence-electron chi connectivity index (χ2n) is 4.99. The molecule has 0 aliphatic carbocycles. The Labute approximate surface area is 127 Å². The quantitative estimate of drug-likeness (QED) is 0.772.